The van der Waals surface area contributed by atoms with Gasteiger partial charge in [0.1, 0.15) is 5.82 Å². The van der Waals surface area contributed by atoms with Gasteiger partial charge in [-0.25, -0.2) is 0 Å². The van der Waals surface area contributed by atoms with Gasteiger partial charge in [0.2, 0.25) is 0 Å². The summed E-state index contributed by atoms with van der Waals surface area (Å²) in [6, 6.07) is 0.601. The smallest absolute Gasteiger partial charge is 0.191 e. The van der Waals surface area contributed by atoms with E-state index in [1.54, 1.807) is 11.8 Å². The first-order valence-electron chi connectivity index (χ1n) is 10.8. The molecular formula is C20H36N6S2. The van der Waals surface area contributed by atoms with Gasteiger partial charge in [-0.15, -0.1) is 10.2 Å². The summed E-state index contributed by atoms with van der Waals surface area (Å²) in [7, 11) is 0. The lowest BCUT2D eigenvalue weighted by molar-refractivity contribution is 0.460. The Bertz CT molecular complexity index is 633. The van der Waals surface area contributed by atoms with Crippen molar-refractivity contribution in [1.29, 1.82) is 0 Å². The predicted octanol–water partition coefficient (Wildman–Crippen LogP) is 3.89. The van der Waals surface area contributed by atoms with Crippen molar-refractivity contribution in [3.05, 3.63) is 5.82 Å². The first kappa shape index (κ1) is 21.8. The second-order valence-corrected chi connectivity index (χ2v) is 10.5. The Morgan fingerprint density at radius 3 is 2.79 bits per heavy atom. The summed E-state index contributed by atoms with van der Waals surface area (Å²) >= 11 is 3.78. The van der Waals surface area contributed by atoms with E-state index in [9.17, 15) is 0 Å². The molecule has 3 rings (SSSR count). The average Bonchev–Trinajstić information content (AvgIpc) is 3.43. The van der Waals surface area contributed by atoms with Crippen LogP contribution in [0.3, 0.4) is 0 Å². The van der Waals surface area contributed by atoms with Crippen LogP contribution in [0.1, 0.15) is 70.7 Å². The lowest BCUT2D eigenvalue weighted by atomic mass is 10.1. The Hall–Kier alpha value is -0.890. The van der Waals surface area contributed by atoms with Crippen molar-refractivity contribution in [2.45, 2.75) is 81.2 Å². The summed E-state index contributed by atoms with van der Waals surface area (Å²) in [6.07, 6.45) is 11.9. The first-order valence-corrected chi connectivity index (χ1v) is 13.0. The van der Waals surface area contributed by atoms with Crippen LogP contribution < -0.4 is 10.6 Å². The molecule has 2 heterocycles. The molecule has 2 aliphatic rings. The van der Waals surface area contributed by atoms with Crippen LogP contribution in [-0.4, -0.2) is 57.1 Å². The Balaban J connectivity index is 1.50. The van der Waals surface area contributed by atoms with Crippen molar-refractivity contribution < 1.29 is 0 Å². The molecule has 1 aliphatic heterocycles. The molecule has 158 valence electrons. The molecule has 6 nitrogen and oxygen atoms in total. The summed E-state index contributed by atoms with van der Waals surface area (Å²) in [5, 5.41) is 16.9. The molecule has 1 unspecified atom stereocenters. The maximum absolute atomic E-state index is 4.85. The maximum atomic E-state index is 4.85. The third kappa shape index (κ3) is 5.81. The van der Waals surface area contributed by atoms with Crippen molar-refractivity contribution in [1.82, 2.24) is 25.4 Å². The number of aliphatic imine (C=N–C) groups is 1. The highest BCUT2D eigenvalue weighted by Crippen LogP contribution is 2.37. The highest BCUT2D eigenvalue weighted by molar-refractivity contribution is 8.00. The van der Waals surface area contributed by atoms with Crippen LogP contribution in [0.2, 0.25) is 0 Å². The zero-order valence-electron chi connectivity index (χ0n) is 17.7. The quantitative estimate of drug-likeness (QED) is 0.271. The van der Waals surface area contributed by atoms with E-state index >= 15 is 0 Å². The normalized spacial score (nSPS) is 23.5. The van der Waals surface area contributed by atoms with Crippen LogP contribution in [-0.2, 0) is 6.42 Å². The van der Waals surface area contributed by atoms with Gasteiger partial charge >= 0.3 is 0 Å². The lowest BCUT2D eigenvalue weighted by Crippen LogP contribution is -2.39. The largest absolute Gasteiger partial charge is 0.357 e. The third-order valence-electron chi connectivity index (χ3n) is 5.69. The van der Waals surface area contributed by atoms with Gasteiger partial charge in [0.05, 0.1) is 6.54 Å². The molecule has 8 heteroatoms. The van der Waals surface area contributed by atoms with Gasteiger partial charge in [-0.2, -0.15) is 11.8 Å². The van der Waals surface area contributed by atoms with Crippen LogP contribution >= 0.6 is 23.5 Å². The van der Waals surface area contributed by atoms with E-state index in [0.29, 0.717) is 10.8 Å². The van der Waals surface area contributed by atoms with E-state index in [1.165, 1.54) is 44.3 Å². The molecule has 28 heavy (non-hydrogen) atoms. The summed E-state index contributed by atoms with van der Waals surface area (Å²) < 4.78 is 2.73. The minimum Gasteiger partial charge on any atom is -0.357 e. The number of nitrogens with zero attached hydrogens (tertiary/aromatic N) is 4. The minimum atomic E-state index is 0.314. The standard InChI is InChI=1S/C20H36N6S2/c1-4-21-18(23-15-20(2)12-8-14-28-20)22-13-7-11-17-24-25-19(27-3)26(17)16-9-5-6-10-16/h16H,4-15H2,1-3H3,(H2,21,22,23). The zero-order valence-corrected chi connectivity index (χ0v) is 19.3. The predicted molar refractivity (Wildman–Crippen MR) is 122 cm³/mol. The molecule has 0 amide bonds. The number of rotatable bonds is 9. The molecule has 0 radical (unpaired) electrons. The molecule has 1 saturated heterocycles. The second kappa shape index (κ2) is 10.8. The van der Waals surface area contributed by atoms with Gasteiger partial charge in [0.15, 0.2) is 11.1 Å². The summed E-state index contributed by atoms with van der Waals surface area (Å²) in [4.78, 5) is 4.85. The SMILES string of the molecule is CCNC(=NCC1(C)CCCS1)NCCCc1nnc(SC)n1C1CCCC1. The van der Waals surface area contributed by atoms with Gasteiger partial charge in [0, 0.05) is 30.3 Å². The number of aryl methyl sites for hydroxylation is 1. The monoisotopic (exact) mass is 424 g/mol. The molecule has 0 aromatic carbocycles. The average molecular weight is 425 g/mol. The number of aromatic nitrogens is 3. The Labute approximate surface area is 178 Å². The van der Waals surface area contributed by atoms with Crippen molar-refractivity contribution in [3.8, 4) is 0 Å². The van der Waals surface area contributed by atoms with Gasteiger partial charge in [-0.1, -0.05) is 24.6 Å². The minimum absolute atomic E-state index is 0.314. The molecule has 2 fully saturated rings. The molecule has 1 saturated carbocycles. The highest BCUT2D eigenvalue weighted by atomic mass is 32.2. The molecule has 2 N–H and O–H groups in total. The zero-order chi connectivity index (χ0) is 19.8. The Morgan fingerprint density at radius 1 is 1.29 bits per heavy atom. The molecule has 0 bridgehead atoms. The van der Waals surface area contributed by atoms with Crippen LogP contribution in [0.25, 0.3) is 0 Å². The van der Waals surface area contributed by atoms with Gasteiger partial charge in [-0.05, 0) is 58.0 Å². The van der Waals surface area contributed by atoms with Crippen molar-refractivity contribution >= 4 is 29.5 Å². The highest BCUT2D eigenvalue weighted by Gasteiger charge is 2.29. The third-order valence-corrected chi connectivity index (χ3v) is 7.86. The Morgan fingerprint density at radius 2 is 2.11 bits per heavy atom. The van der Waals surface area contributed by atoms with Crippen LogP contribution in [0.5, 0.6) is 0 Å². The van der Waals surface area contributed by atoms with E-state index in [-0.39, 0.29) is 0 Å². The van der Waals surface area contributed by atoms with Crippen molar-refractivity contribution in [2.75, 3.05) is 31.6 Å². The molecule has 1 aliphatic carbocycles. The molecule has 1 aromatic rings. The number of nitrogens with one attached hydrogen (secondary N) is 2. The first-order chi connectivity index (χ1) is 13.6. The summed E-state index contributed by atoms with van der Waals surface area (Å²) in [5.74, 6) is 3.36. The van der Waals surface area contributed by atoms with Crippen molar-refractivity contribution in [2.24, 2.45) is 4.99 Å². The van der Waals surface area contributed by atoms with E-state index in [0.717, 1.165) is 49.4 Å². The lowest BCUT2D eigenvalue weighted by Gasteiger charge is -2.21. The number of hydrogen-bond donors (Lipinski definition) is 2. The van der Waals surface area contributed by atoms with Gasteiger partial charge in [-0.3, -0.25) is 4.99 Å². The van der Waals surface area contributed by atoms with Gasteiger partial charge < -0.3 is 15.2 Å². The topological polar surface area (TPSA) is 67.1 Å². The van der Waals surface area contributed by atoms with Crippen molar-refractivity contribution in [3.63, 3.8) is 0 Å². The van der Waals surface area contributed by atoms with E-state index < -0.39 is 0 Å². The van der Waals surface area contributed by atoms with Crippen LogP contribution in [0.4, 0.5) is 0 Å². The fourth-order valence-corrected chi connectivity index (χ4v) is 5.95. The second-order valence-electron chi connectivity index (χ2n) is 8.04. The van der Waals surface area contributed by atoms with Crippen LogP contribution in [0.15, 0.2) is 10.1 Å². The fourth-order valence-electron chi connectivity index (χ4n) is 4.15. The molecule has 0 spiro atoms. The maximum Gasteiger partial charge on any atom is 0.191 e. The molecule has 1 atom stereocenters. The molecule has 1 aromatic heterocycles. The number of hydrogen-bond acceptors (Lipinski definition) is 5. The Kier molecular flexibility index (Phi) is 8.38. The van der Waals surface area contributed by atoms with E-state index in [4.69, 9.17) is 4.99 Å². The number of thioether (sulfide) groups is 2. The fraction of sp³-hybridized carbons (Fsp3) is 0.850. The van der Waals surface area contributed by atoms with E-state index in [1.807, 2.05) is 0 Å². The summed E-state index contributed by atoms with van der Waals surface area (Å²) in [6.45, 7) is 7.15. The molecular weight excluding hydrogens is 388 g/mol. The summed E-state index contributed by atoms with van der Waals surface area (Å²) in [5.41, 5.74) is 0. The number of guanidine groups is 1. The van der Waals surface area contributed by atoms with E-state index in [2.05, 4.69) is 57.3 Å². The van der Waals surface area contributed by atoms with Crippen LogP contribution in [0, 0.1) is 0 Å². The van der Waals surface area contributed by atoms with Gasteiger partial charge in [0.25, 0.3) is 0 Å².